The Morgan fingerprint density at radius 3 is 2.64 bits per heavy atom. The van der Waals surface area contributed by atoms with E-state index in [9.17, 15) is 0 Å². The van der Waals surface area contributed by atoms with Crippen LogP contribution in [0.2, 0.25) is 0 Å². The van der Waals surface area contributed by atoms with E-state index in [1.54, 1.807) is 7.11 Å². The highest BCUT2D eigenvalue weighted by Crippen LogP contribution is 2.41. The van der Waals surface area contributed by atoms with Crippen LogP contribution in [0.5, 0.6) is 23.0 Å². The predicted octanol–water partition coefficient (Wildman–Crippen LogP) is 1.98. The molecule has 2 aliphatic rings. The molecule has 5 nitrogen and oxygen atoms in total. The first-order chi connectivity index (χ1) is 15.7. The lowest BCUT2D eigenvalue weighted by Crippen LogP contribution is -3.00. The molecule has 0 saturated carbocycles. The normalized spacial score (nSPS) is 13.2. The predicted molar refractivity (Wildman–Crippen MR) is 121 cm³/mol. The van der Waals surface area contributed by atoms with Crippen molar-refractivity contribution in [3.8, 4) is 34.3 Å². The quantitative estimate of drug-likeness (QED) is 0.397. The molecule has 3 heterocycles. The molecule has 0 amide bonds. The highest BCUT2D eigenvalue weighted by molar-refractivity contribution is 5.91. The topological polar surface area (TPSA) is 40.8 Å². The zero-order chi connectivity index (χ0) is 21.7. The van der Waals surface area contributed by atoms with Gasteiger partial charge in [-0.05, 0) is 53.3 Å². The van der Waals surface area contributed by atoms with Crippen LogP contribution in [-0.4, -0.2) is 13.9 Å². The summed E-state index contributed by atoms with van der Waals surface area (Å²) in [5.74, 6) is 3.18. The first-order valence-electron chi connectivity index (χ1n) is 10.9. The molecular formula is C27H24BrNO4. The van der Waals surface area contributed by atoms with Gasteiger partial charge in [0.15, 0.2) is 35.7 Å². The summed E-state index contributed by atoms with van der Waals surface area (Å²) in [5, 5.41) is 2.16. The van der Waals surface area contributed by atoms with Gasteiger partial charge in [0, 0.05) is 12.5 Å². The van der Waals surface area contributed by atoms with Crippen LogP contribution in [0.25, 0.3) is 22.0 Å². The molecule has 6 rings (SSSR count). The Morgan fingerprint density at radius 2 is 1.82 bits per heavy atom. The molecule has 0 spiro atoms. The van der Waals surface area contributed by atoms with Gasteiger partial charge in [0.2, 0.25) is 12.5 Å². The molecule has 0 saturated heterocycles. The van der Waals surface area contributed by atoms with Gasteiger partial charge in [0.1, 0.15) is 6.61 Å². The fourth-order valence-corrected chi connectivity index (χ4v) is 4.63. The Morgan fingerprint density at radius 1 is 1.00 bits per heavy atom. The Balaban J connectivity index is 0.00000228. The molecule has 0 fully saturated rings. The van der Waals surface area contributed by atoms with Gasteiger partial charge < -0.3 is 35.9 Å². The van der Waals surface area contributed by atoms with Gasteiger partial charge in [-0.15, -0.1) is 0 Å². The molecule has 0 bridgehead atoms. The fraction of sp³-hybridized carbons (Fsp3) is 0.222. The van der Waals surface area contributed by atoms with E-state index in [1.807, 2.05) is 18.2 Å². The number of pyridine rings is 1. The summed E-state index contributed by atoms with van der Waals surface area (Å²) < 4.78 is 25.5. The maximum atomic E-state index is 6.35. The molecule has 4 aromatic rings. The highest BCUT2D eigenvalue weighted by Gasteiger charge is 2.28. The van der Waals surface area contributed by atoms with Gasteiger partial charge in [-0.1, -0.05) is 24.3 Å². The van der Waals surface area contributed by atoms with Gasteiger partial charge in [-0.2, -0.15) is 4.57 Å². The van der Waals surface area contributed by atoms with Gasteiger partial charge in [0.25, 0.3) is 0 Å². The first kappa shape index (κ1) is 21.6. The van der Waals surface area contributed by atoms with Crippen molar-refractivity contribution in [1.29, 1.82) is 0 Å². The van der Waals surface area contributed by atoms with Crippen LogP contribution < -0.4 is 40.5 Å². The molecule has 1 aromatic heterocycles. The van der Waals surface area contributed by atoms with Gasteiger partial charge in [0.05, 0.1) is 18.1 Å². The lowest BCUT2D eigenvalue weighted by atomic mass is 9.95. The van der Waals surface area contributed by atoms with Gasteiger partial charge in [-0.25, -0.2) is 0 Å². The van der Waals surface area contributed by atoms with Crippen molar-refractivity contribution in [2.24, 2.45) is 0 Å². The lowest BCUT2D eigenvalue weighted by Gasteiger charge is -2.18. The molecule has 6 heteroatoms. The van der Waals surface area contributed by atoms with Crippen LogP contribution in [0.3, 0.4) is 0 Å². The van der Waals surface area contributed by atoms with Crippen LogP contribution in [0, 0.1) is 6.92 Å². The number of methoxy groups -OCH3 is 1. The number of halogens is 1. The molecule has 0 atom stereocenters. The number of hydrogen-bond acceptors (Lipinski definition) is 4. The smallest absolute Gasteiger partial charge is 0.231 e. The van der Waals surface area contributed by atoms with E-state index < -0.39 is 0 Å². The number of ether oxygens (including phenoxy) is 4. The van der Waals surface area contributed by atoms with Crippen molar-refractivity contribution < 1.29 is 40.5 Å². The molecular weight excluding hydrogens is 482 g/mol. The largest absolute Gasteiger partial charge is 1.00 e. The van der Waals surface area contributed by atoms with E-state index in [0.29, 0.717) is 6.61 Å². The van der Waals surface area contributed by atoms with Crippen molar-refractivity contribution in [3.63, 3.8) is 0 Å². The second-order valence-electron chi connectivity index (χ2n) is 8.28. The Hall–Kier alpha value is -3.25. The first-order valence-corrected chi connectivity index (χ1v) is 10.9. The summed E-state index contributed by atoms with van der Waals surface area (Å²) >= 11 is 0. The summed E-state index contributed by atoms with van der Waals surface area (Å²) in [4.78, 5) is 0. The van der Waals surface area contributed by atoms with E-state index in [-0.39, 0.29) is 23.8 Å². The minimum Gasteiger partial charge on any atom is -1.00 e. The van der Waals surface area contributed by atoms with Crippen molar-refractivity contribution in [3.05, 3.63) is 77.5 Å². The summed E-state index contributed by atoms with van der Waals surface area (Å²) in [6.45, 7) is 3.79. The molecule has 0 N–H and O–H groups in total. The number of hydrogen-bond donors (Lipinski definition) is 0. The van der Waals surface area contributed by atoms with Crippen LogP contribution in [0.4, 0.5) is 0 Å². The second kappa shape index (κ2) is 8.60. The van der Waals surface area contributed by atoms with E-state index in [4.69, 9.17) is 18.9 Å². The summed E-state index contributed by atoms with van der Waals surface area (Å²) in [5.41, 5.74) is 6.04. The Bertz CT molecular complexity index is 1370. The van der Waals surface area contributed by atoms with Crippen molar-refractivity contribution in [2.45, 2.75) is 26.5 Å². The SMILES string of the molecule is COc1ccc2cc3[n+](cc2c1OCc1ccccc1C)CCc1cc2c(cc1-3)OCO2.[Br-]. The van der Waals surface area contributed by atoms with Gasteiger partial charge in [-0.3, -0.25) is 0 Å². The zero-order valence-corrected chi connectivity index (χ0v) is 20.1. The number of fused-ring (bicyclic) bond motifs is 5. The van der Waals surface area contributed by atoms with E-state index in [2.05, 4.69) is 54.1 Å². The monoisotopic (exact) mass is 505 g/mol. The lowest BCUT2D eigenvalue weighted by molar-refractivity contribution is -0.686. The van der Waals surface area contributed by atoms with Crippen LogP contribution >= 0.6 is 0 Å². The summed E-state index contributed by atoms with van der Waals surface area (Å²) in [6.07, 6.45) is 3.13. The standard InChI is InChI=1S/C27H24NO4.BrH/c1-17-5-3-4-6-20(17)15-30-27-22-14-28-10-9-19-12-25-26(32-16-31-25)13-21(19)23(28)11-18(22)7-8-24(27)29-2;/h3-8,11-14H,9-10,15-16H2,1-2H3;1H/q+1;/p-1. The molecule has 2 aliphatic heterocycles. The molecule has 0 aliphatic carbocycles. The van der Waals surface area contributed by atoms with Crippen molar-refractivity contribution >= 4 is 10.8 Å². The van der Waals surface area contributed by atoms with Crippen LogP contribution in [-0.2, 0) is 19.6 Å². The maximum absolute atomic E-state index is 6.35. The minimum absolute atomic E-state index is 0. The van der Waals surface area contributed by atoms with Crippen LogP contribution in [0.15, 0.2) is 60.8 Å². The van der Waals surface area contributed by atoms with E-state index >= 15 is 0 Å². The Labute approximate surface area is 203 Å². The van der Waals surface area contributed by atoms with Crippen LogP contribution in [0.1, 0.15) is 16.7 Å². The molecule has 3 aromatic carbocycles. The van der Waals surface area contributed by atoms with Gasteiger partial charge >= 0.3 is 0 Å². The average molecular weight is 506 g/mol. The summed E-state index contributed by atoms with van der Waals surface area (Å²) in [6, 6.07) is 18.8. The average Bonchev–Trinajstić information content (AvgIpc) is 3.28. The number of aryl methyl sites for hydroxylation is 3. The second-order valence-corrected chi connectivity index (χ2v) is 8.28. The molecule has 33 heavy (non-hydrogen) atoms. The molecule has 168 valence electrons. The van der Waals surface area contributed by atoms with Crippen molar-refractivity contribution in [2.75, 3.05) is 13.9 Å². The molecule has 0 radical (unpaired) electrons. The van der Waals surface area contributed by atoms with E-state index in [0.717, 1.165) is 46.7 Å². The highest BCUT2D eigenvalue weighted by atomic mass is 79.9. The minimum atomic E-state index is 0. The third-order valence-corrected chi connectivity index (χ3v) is 6.43. The third-order valence-electron chi connectivity index (χ3n) is 6.43. The number of nitrogens with zero attached hydrogens (tertiary/aromatic N) is 1. The Kier molecular flexibility index (Phi) is 5.62. The number of rotatable bonds is 4. The number of aromatic nitrogens is 1. The van der Waals surface area contributed by atoms with E-state index in [1.165, 1.54) is 27.9 Å². The summed E-state index contributed by atoms with van der Waals surface area (Å²) in [7, 11) is 1.69. The number of benzene rings is 3. The van der Waals surface area contributed by atoms with Crippen molar-refractivity contribution in [1.82, 2.24) is 0 Å². The fourth-order valence-electron chi connectivity index (χ4n) is 4.63. The maximum Gasteiger partial charge on any atom is 0.231 e. The molecule has 0 unspecified atom stereocenters. The zero-order valence-electron chi connectivity index (χ0n) is 18.6. The third kappa shape index (κ3) is 3.68.